The zero-order chi connectivity index (χ0) is 27.0. The third-order valence-corrected chi connectivity index (χ3v) is 7.50. The maximum absolute atomic E-state index is 13.6. The Bertz CT molecular complexity index is 1330. The number of rotatable bonds is 10. The molecule has 3 aromatic rings. The zero-order valence-corrected chi connectivity index (χ0v) is 22.3. The van der Waals surface area contributed by atoms with Crippen LogP contribution in [0.2, 0.25) is 0 Å². The number of carbonyl (C=O) groups excluding carboxylic acids is 2. The molecule has 196 valence electrons. The molecule has 3 aromatic carbocycles. The van der Waals surface area contributed by atoms with E-state index in [1.165, 1.54) is 4.90 Å². The molecule has 0 bridgehead atoms. The minimum Gasteiger partial charge on any atom is -0.497 e. The van der Waals surface area contributed by atoms with E-state index in [9.17, 15) is 18.0 Å². The largest absolute Gasteiger partial charge is 0.497 e. The summed E-state index contributed by atoms with van der Waals surface area (Å²) in [5, 5.41) is 2.60. The molecule has 0 radical (unpaired) electrons. The van der Waals surface area contributed by atoms with E-state index in [2.05, 4.69) is 10.0 Å². The number of urea groups is 1. The second-order valence-electron chi connectivity index (χ2n) is 8.56. The van der Waals surface area contributed by atoms with E-state index in [1.807, 2.05) is 50.2 Å². The molecule has 0 unspecified atom stereocenters. The van der Waals surface area contributed by atoms with E-state index in [1.54, 1.807) is 50.4 Å². The van der Waals surface area contributed by atoms with Crippen molar-refractivity contribution in [3.8, 4) is 5.75 Å². The minimum atomic E-state index is -4.15. The van der Waals surface area contributed by atoms with E-state index in [0.717, 1.165) is 11.1 Å². The molecule has 37 heavy (non-hydrogen) atoms. The van der Waals surface area contributed by atoms with Gasteiger partial charge in [0.15, 0.2) is 0 Å². The summed E-state index contributed by atoms with van der Waals surface area (Å²) in [7, 11) is -2.59. The van der Waals surface area contributed by atoms with Crippen molar-refractivity contribution in [2.24, 2.45) is 0 Å². The molecule has 3 rings (SSSR count). The Balaban J connectivity index is 1.86. The Hall–Kier alpha value is -3.85. The summed E-state index contributed by atoms with van der Waals surface area (Å²) in [4.78, 5) is 28.2. The van der Waals surface area contributed by atoms with Gasteiger partial charge in [-0.2, -0.15) is 0 Å². The maximum atomic E-state index is 13.6. The van der Waals surface area contributed by atoms with Crippen LogP contribution in [0.25, 0.3) is 0 Å². The number of hydrogen-bond donors (Lipinski definition) is 2. The molecule has 0 saturated heterocycles. The van der Waals surface area contributed by atoms with Crippen LogP contribution in [0.5, 0.6) is 5.75 Å². The Morgan fingerprint density at radius 3 is 2.22 bits per heavy atom. The van der Waals surface area contributed by atoms with E-state index in [-0.39, 0.29) is 17.2 Å². The van der Waals surface area contributed by atoms with Crippen LogP contribution in [0, 0.1) is 6.92 Å². The topological polar surface area (TPSA) is 105 Å². The van der Waals surface area contributed by atoms with Crippen molar-refractivity contribution < 1.29 is 22.7 Å². The molecular weight excluding hydrogens is 490 g/mol. The normalized spacial score (nSPS) is 11.9. The average Bonchev–Trinajstić information content (AvgIpc) is 2.89. The molecule has 0 fully saturated rings. The van der Waals surface area contributed by atoms with Crippen LogP contribution in [-0.2, 0) is 27.7 Å². The van der Waals surface area contributed by atoms with Gasteiger partial charge in [0.1, 0.15) is 11.8 Å². The number of ether oxygens (including phenoxy) is 1. The molecule has 0 aliphatic carbocycles. The molecule has 0 aliphatic rings. The van der Waals surface area contributed by atoms with Gasteiger partial charge in [0.2, 0.25) is 5.91 Å². The highest BCUT2D eigenvalue weighted by atomic mass is 32.2. The fourth-order valence-electron chi connectivity index (χ4n) is 3.98. The first kappa shape index (κ1) is 27.7. The maximum Gasteiger partial charge on any atom is 0.329 e. The summed E-state index contributed by atoms with van der Waals surface area (Å²) >= 11 is 0. The molecular formula is C28H33N3O5S. The molecule has 3 amide bonds. The highest BCUT2D eigenvalue weighted by Gasteiger charge is 2.29. The molecule has 1 atom stereocenters. The number of nitrogens with zero attached hydrogens (tertiary/aromatic N) is 1. The summed E-state index contributed by atoms with van der Waals surface area (Å²) in [6.07, 6.45) is 0.838. The number of likely N-dealkylation sites (N-methyl/N-ethyl adjacent to an activating group) is 1. The van der Waals surface area contributed by atoms with Gasteiger partial charge >= 0.3 is 6.03 Å². The van der Waals surface area contributed by atoms with Crippen molar-refractivity contribution in [1.29, 1.82) is 0 Å². The van der Waals surface area contributed by atoms with Gasteiger partial charge in [-0.1, -0.05) is 49.4 Å². The van der Waals surface area contributed by atoms with E-state index >= 15 is 0 Å². The van der Waals surface area contributed by atoms with Gasteiger partial charge < -0.3 is 15.0 Å². The quantitative estimate of drug-likeness (QED) is 0.414. The molecule has 2 N–H and O–H groups in total. The van der Waals surface area contributed by atoms with Crippen molar-refractivity contribution >= 4 is 27.6 Å². The van der Waals surface area contributed by atoms with E-state index < -0.39 is 22.1 Å². The Morgan fingerprint density at radius 1 is 0.946 bits per heavy atom. The highest BCUT2D eigenvalue weighted by molar-refractivity contribution is 7.90. The molecule has 0 heterocycles. The lowest BCUT2D eigenvalue weighted by atomic mass is 10.0. The molecule has 0 spiro atoms. The van der Waals surface area contributed by atoms with Crippen LogP contribution in [0.3, 0.4) is 0 Å². The number of hydrogen-bond acceptors (Lipinski definition) is 5. The number of aryl methyl sites for hydroxylation is 2. The number of sulfonamides is 1. The average molecular weight is 524 g/mol. The van der Waals surface area contributed by atoms with Gasteiger partial charge in [-0.05, 0) is 67.3 Å². The monoisotopic (exact) mass is 523 g/mol. The van der Waals surface area contributed by atoms with Crippen LogP contribution in [0.1, 0.15) is 30.5 Å². The Labute approximate surface area is 218 Å². The van der Waals surface area contributed by atoms with Crippen molar-refractivity contribution in [1.82, 2.24) is 10.0 Å². The predicted octanol–water partition coefficient (Wildman–Crippen LogP) is 4.22. The number of amides is 3. The van der Waals surface area contributed by atoms with Gasteiger partial charge in [0, 0.05) is 18.7 Å². The predicted molar refractivity (Wildman–Crippen MR) is 144 cm³/mol. The summed E-state index contributed by atoms with van der Waals surface area (Å²) in [6, 6.07) is 19.4. The van der Waals surface area contributed by atoms with Gasteiger partial charge in [-0.15, -0.1) is 0 Å². The lowest BCUT2D eigenvalue weighted by molar-refractivity contribution is -0.120. The molecule has 0 saturated carbocycles. The Kier molecular flexibility index (Phi) is 9.30. The zero-order valence-electron chi connectivity index (χ0n) is 21.5. The van der Waals surface area contributed by atoms with Gasteiger partial charge in [-0.25, -0.2) is 17.9 Å². The van der Waals surface area contributed by atoms with Crippen LogP contribution in [0.15, 0.2) is 77.7 Å². The first-order valence-electron chi connectivity index (χ1n) is 12.1. The van der Waals surface area contributed by atoms with E-state index in [0.29, 0.717) is 30.0 Å². The Morgan fingerprint density at radius 2 is 1.62 bits per heavy atom. The van der Waals surface area contributed by atoms with Crippen molar-refractivity contribution in [2.75, 3.05) is 18.6 Å². The smallest absolute Gasteiger partial charge is 0.329 e. The molecule has 0 aromatic heterocycles. The van der Waals surface area contributed by atoms with Crippen molar-refractivity contribution in [3.05, 3.63) is 89.5 Å². The van der Waals surface area contributed by atoms with Crippen LogP contribution in [-0.4, -0.2) is 40.1 Å². The SMILES string of the molecule is CCc1ccc(C)c(S(=O)(=O)NC(=O)N[C@@H](Cc2ccccc2)C(=O)N(CC)c2ccc(OC)cc2)c1. The fourth-order valence-corrected chi connectivity index (χ4v) is 5.20. The highest BCUT2D eigenvalue weighted by Crippen LogP contribution is 2.21. The van der Waals surface area contributed by atoms with Crippen LogP contribution >= 0.6 is 0 Å². The van der Waals surface area contributed by atoms with Crippen molar-refractivity contribution in [3.63, 3.8) is 0 Å². The third kappa shape index (κ3) is 7.10. The second-order valence-corrected chi connectivity index (χ2v) is 10.2. The van der Waals surface area contributed by atoms with Crippen LogP contribution < -0.4 is 19.7 Å². The molecule has 8 nitrogen and oxygen atoms in total. The standard InChI is InChI=1S/C28H33N3O5S/c1-5-21-13-12-20(3)26(19-21)37(34,35)30-28(33)29-25(18-22-10-8-7-9-11-22)27(32)31(6-2)23-14-16-24(36-4)17-15-23/h7-17,19,25H,5-6,18H2,1-4H3,(H2,29,30,33)/t25-/m0/s1. The number of methoxy groups -OCH3 is 1. The number of benzene rings is 3. The summed E-state index contributed by atoms with van der Waals surface area (Å²) in [5.74, 6) is 0.284. The fraction of sp³-hybridized carbons (Fsp3) is 0.286. The number of anilines is 1. The lowest BCUT2D eigenvalue weighted by Crippen LogP contribution is -2.53. The van der Waals surface area contributed by atoms with E-state index in [4.69, 9.17) is 4.74 Å². The first-order chi connectivity index (χ1) is 17.7. The lowest BCUT2D eigenvalue weighted by Gasteiger charge is -2.27. The summed E-state index contributed by atoms with van der Waals surface area (Å²) in [6.45, 7) is 5.77. The van der Waals surface area contributed by atoms with Crippen LogP contribution in [0.4, 0.5) is 10.5 Å². The molecule has 9 heteroatoms. The minimum absolute atomic E-state index is 0.0290. The number of carbonyl (C=O) groups is 2. The first-order valence-corrected chi connectivity index (χ1v) is 13.6. The van der Waals surface area contributed by atoms with Gasteiger partial charge in [-0.3, -0.25) is 4.79 Å². The van der Waals surface area contributed by atoms with Crippen molar-refractivity contribution in [2.45, 2.75) is 44.6 Å². The molecule has 0 aliphatic heterocycles. The van der Waals surface area contributed by atoms with Gasteiger partial charge in [0.25, 0.3) is 10.0 Å². The summed E-state index contributed by atoms with van der Waals surface area (Å²) < 4.78 is 33.4. The van der Waals surface area contributed by atoms with Gasteiger partial charge in [0.05, 0.1) is 12.0 Å². The third-order valence-electron chi connectivity index (χ3n) is 6.03. The summed E-state index contributed by atoms with van der Waals surface area (Å²) in [5.41, 5.74) is 2.81. The number of nitrogens with one attached hydrogen (secondary N) is 2. The second kappa shape index (κ2) is 12.4.